The molecule has 150 valence electrons. The number of ether oxygens (including phenoxy) is 1. The molecule has 0 atom stereocenters. The van der Waals surface area contributed by atoms with Crippen molar-refractivity contribution < 1.29 is 9.53 Å². The van der Waals surface area contributed by atoms with E-state index >= 15 is 0 Å². The average Bonchev–Trinajstić information content (AvgIpc) is 2.75. The molecule has 28 heavy (non-hydrogen) atoms. The van der Waals surface area contributed by atoms with Gasteiger partial charge in [-0.1, -0.05) is 30.3 Å². The zero-order valence-corrected chi connectivity index (χ0v) is 16.9. The molecule has 0 saturated heterocycles. The summed E-state index contributed by atoms with van der Waals surface area (Å²) in [6, 6.07) is 17.4. The summed E-state index contributed by atoms with van der Waals surface area (Å²) < 4.78 is 5.66. The Hall–Kier alpha value is -3.02. The largest absolute Gasteiger partial charge is 0.492 e. The first kappa shape index (κ1) is 21.3. The van der Waals surface area contributed by atoms with Gasteiger partial charge in [-0.25, -0.2) is 0 Å². The molecule has 0 spiro atoms. The van der Waals surface area contributed by atoms with Crippen molar-refractivity contribution in [3.8, 4) is 5.75 Å². The molecule has 0 aliphatic heterocycles. The van der Waals surface area contributed by atoms with Gasteiger partial charge in [0.15, 0.2) is 5.96 Å². The van der Waals surface area contributed by atoms with E-state index in [2.05, 4.69) is 15.6 Å². The van der Waals surface area contributed by atoms with Crippen molar-refractivity contribution in [1.82, 2.24) is 15.5 Å². The number of hydrogen-bond acceptors (Lipinski definition) is 3. The van der Waals surface area contributed by atoms with Gasteiger partial charge in [-0.2, -0.15) is 0 Å². The van der Waals surface area contributed by atoms with Crippen LogP contribution in [-0.2, 0) is 6.54 Å². The summed E-state index contributed by atoms with van der Waals surface area (Å²) in [5.41, 5.74) is 1.80. The van der Waals surface area contributed by atoms with Crippen molar-refractivity contribution in [3.05, 3.63) is 65.7 Å². The number of amides is 1. The first-order valence-electron chi connectivity index (χ1n) is 9.68. The van der Waals surface area contributed by atoms with Crippen LogP contribution in [0.25, 0.3) is 0 Å². The van der Waals surface area contributed by atoms with E-state index in [1.807, 2.05) is 73.3 Å². The summed E-state index contributed by atoms with van der Waals surface area (Å²) in [6.07, 6.45) is 0. The lowest BCUT2D eigenvalue weighted by Gasteiger charge is -2.18. The quantitative estimate of drug-likeness (QED) is 0.398. The van der Waals surface area contributed by atoms with Gasteiger partial charge in [0.2, 0.25) is 0 Å². The Morgan fingerprint density at radius 1 is 1.00 bits per heavy atom. The van der Waals surface area contributed by atoms with E-state index in [-0.39, 0.29) is 5.91 Å². The molecule has 0 aliphatic carbocycles. The standard InChI is InChI=1S/C22H30N4O2/c1-4-26(5-2)21(27)19-13-11-18(12-14-19)17-25-22(23-3)24-15-16-28-20-9-7-6-8-10-20/h6-14H,4-5,15-17H2,1-3H3,(H2,23,24,25). The SMILES string of the molecule is CCN(CC)C(=O)c1ccc(CNC(=NC)NCCOc2ccccc2)cc1. The van der Waals surface area contributed by atoms with Gasteiger partial charge < -0.3 is 20.3 Å². The predicted molar refractivity (Wildman–Crippen MR) is 114 cm³/mol. The highest BCUT2D eigenvalue weighted by Crippen LogP contribution is 2.08. The highest BCUT2D eigenvalue weighted by molar-refractivity contribution is 5.94. The van der Waals surface area contributed by atoms with Crippen molar-refractivity contribution in [3.63, 3.8) is 0 Å². The van der Waals surface area contributed by atoms with Gasteiger partial charge in [0, 0.05) is 32.2 Å². The predicted octanol–water partition coefficient (Wildman–Crippen LogP) is 2.91. The number of para-hydroxylation sites is 1. The fraction of sp³-hybridized carbons (Fsp3) is 0.364. The van der Waals surface area contributed by atoms with Crippen molar-refractivity contribution in [2.24, 2.45) is 4.99 Å². The summed E-state index contributed by atoms with van der Waals surface area (Å²) in [4.78, 5) is 18.4. The minimum absolute atomic E-state index is 0.0698. The molecule has 0 radical (unpaired) electrons. The van der Waals surface area contributed by atoms with Crippen LogP contribution in [0.15, 0.2) is 59.6 Å². The van der Waals surface area contributed by atoms with Gasteiger partial charge in [0.25, 0.3) is 5.91 Å². The lowest BCUT2D eigenvalue weighted by molar-refractivity contribution is 0.0773. The van der Waals surface area contributed by atoms with Crippen LogP contribution in [-0.4, -0.2) is 50.1 Å². The number of carbonyl (C=O) groups excluding carboxylic acids is 1. The molecule has 6 heteroatoms. The zero-order chi connectivity index (χ0) is 20.2. The zero-order valence-electron chi connectivity index (χ0n) is 16.9. The molecule has 2 aromatic rings. The van der Waals surface area contributed by atoms with Crippen molar-refractivity contribution >= 4 is 11.9 Å². The van der Waals surface area contributed by atoms with Gasteiger partial charge in [0.05, 0.1) is 6.54 Å². The molecule has 0 bridgehead atoms. The minimum Gasteiger partial charge on any atom is -0.492 e. The number of hydrogen-bond donors (Lipinski definition) is 2. The summed E-state index contributed by atoms with van der Waals surface area (Å²) in [7, 11) is 1.74. The Morgan fingerprint density at radius 2 is 1.68 bits per heavy atom. The topological polar surface area (TPSA) is 66.0 Å². The molecule has 0 fully saturated rings. The smallest absolute Gasteiger partial charge is 0.253 e. The molecule has 6 nitrogen and oxygen atoms in total. The Morgan fingerprint density at radius 3 is 2.29 bits per heavy atom. The minimum atomic E-state index is 0.0698. The molecule has 2 rings (SSSR count). The second-order valence-corrected chi connectivity index (χ2v) is 6.19. The summed E-state index contributed by atoms with van der Waals surface area (Å²) in [6.45, 7) is 7.23. The number of carbonyl (C=O) groups is 1. The molecule has 2 N–H and O–H groups in total. The molecule has 1 amide bonds. The fourth-order valence-electron chi connectivity index (χ4n) is 2.72. The monoisotopic (exact) mass is 382 g/mol. The maximum atomic E-state index is 12.3. The van der Waals surface area contributed by atoms with Gasteiger partial charge in [-0.3, -0.25) is 9.79 Å². The van der Waals surface area contributed by atoms with E-state index in [1.165, 1.54) is 0 Å². The number of benzene rings is 2. The first-order chi connectivity index (χ1) is 13.7. The molecule has 0 saturated carbocycles. The van der Waals surface area contributed by atoms with Crippen molar-refractivity contribution in [2.45, 2.75) is 20.4 Å². The first-order valence-corrected chi connectivity index (χ1v) is 9.68. The van der Waals surface area contributed by atoms with E-state index in [4.69, 9.17) is 4.74 Å². The maximum absolute atomic E-state index is 12.3. The molecule has 0 unspecified atom stereocenters. The third-order valence-corrected chi connectivity index (χ3v) is 4.34. The molecular weight excluding hydrogens is 352 g/mol. The van der Waals surface area contributed by atoms with E-state index in [0.717, 1.165) is 11.3 Å². The lowest BCUT2D eigenvalue weighted by atomic mass is 10.1. The number of nitrogens with one attached hydrogen (secondary N) is 2. The molecule has 0 aliphatic rings. The van der Waals surface area contributed by atoms with Gasteiger partial charge >= 0.3 is 0 Å². The highest BCUT2D eigenvalue weighted by atomic mass is 16.5. The lowest BCUT2D eigenvalue weighted by Crippen LogP contribution is -2.38. The Balaban J connectivity index is 1.76. The Bertz CT molecular complexity index is 741. The second kappa shape index (κ2) is 11.6. The molecule has 2 aromatic carbocycles. The van der Waals surface area contributed by atoms with Crippen LogP contribution in [0.5, 0.6) is 5.75 Å². The highest BCUT2D eigenvalue weighted by Gasteiger charge is 2.11. The number of guanidine groups is 1. The van der Waals surface area contributed by atoms with E-state index in [1.54, 1.807) is 7.05 Å². The normalized spacial score (nSPS) is 11.0. The summed E-state index contributed by atoms with van der Waals surface area (Å²) in [5, 5.41) is 6.49. The number of rotatable bonds is 9. The van der Waals surface area contributed by atoms with Crippen LogP contribution in [0.4, 0.5) is 0 Å². The Labute approximate surface area is 167 Å². The Kier molecular flexibility index (Phi) is 8.85. The maximum Gasteiger partial charge on any atom is 0.253 e. The van der Waals surface area contributed by atoms with Crippen LogP contribution >= 0.6 is 0 Å². The van der Waals surface area contributed by atoms with Gasteiger partial charge in [0.1, 0.15) is 12.4 Å². The van der Waals surface area contributed by atoms with Crippen LogP contribution in [0, 0.1) is 0 Å². The molecule has 0 heterocycles. The number of nitrogens with zero attached hydrogens (tertiary/aromatic N) is 2. The van der Waals surface area contributed by atoms with Gasteiger partial charge in [-0.05, 0) is 43.7 Å². The molecule has 0 aromatic heterocycles. The van der Waals surface area contributed by atoms with Crippen molar-refractivity contribution in [1.29, 1.82) is 0 Å². The van der Waals surface area contributed by atoms with Crippen LogP contribution < -0.4 is 15.4 Å². The third-order valence-electron chi connectivity index (χ3n) is 4.34. The molecular formula is C22H30N4O2. The van der Waals surface area contributed by atoms with Crippen LogP contribution in [0.1, 0.15) is 29.8 Å². The van der Waals surface area contributed by atoms with E-state index in [0.29, 0.717) is 44.3 Å². The van der Waals surface area contributed by atoms with E-state index < -0.39 is 0 Å². The van der Waals surface area contributed by atoms with Gasteiger partial charge in [-0.15, -0.1) is 0 Å². The van der Waals surface area contributed by atoms with Crippen molar-refractivity contribution in [2.75, 3.05) is 33.3 Å². The van der Waals surface area contributed by atoms with E-state index in [9.17, 15) is 4.79 Å². The average molecular weight is 383 g/mol. The third kappa shape index (κ3) is 6.61. The van der Waals surface area contributed by atoms with Crippen LogP contribution in [0.2, 0.25) is 0 Å². The number of aliphatic imine (C=N–C) groups is 1. The summed E-state index contributed by atoms with van der Waals surface area (Å²) >= 11 is 0. The second-order valence-electron chi connectivity index (χ2n) is 6.19. The summed E-state index contributed by atoms with van der Waals surface area (Å²) in [5.74, 6) is 1.63. The fourth-order valence-corrected chi connectivity index (χ4v) is 2.72. The van der Waals surface area contributed by atoms with Crippen LogP contribution in [0.3, 0.4) is 0 Å².